The van der Waals surface area contributed by atoms with E-state index in [9.17, 15) is 9.90 Å². The molecular formula is C20H16O3. The van der Waals surface area contributed by atoms with Crippen LogP contribution in [0.5, 0.6) is 11.5 Å². The van der Waals surface area contributed by atoms with Crippen LogP contribution in [0.1, 0.15) is 15.9 Å². The van der Waals surface area contributed by atoms with Crippen LogP contribution in [0.15, 0.2) is 72.8 Å². The van der Waals surface area contributed by atoms with Crippen molar-refractivity contribution in [3.63, 3.8) is 0 Å². The van der Waals surface area contributed by atoms with Crippen LogP contribution < -0.4 is 4.74 Å². The predicted octanol–water partition coefficient (Wildman–Crippen LogP) is 4.30. The van der Waals surface area contributed by atoms with Crippen molar-refractivity contribution in [2.45, 2.75) is 0 Å². The molecule has 23 heavy (non-hydrogen) atoms. The number of ketones is 1. The lowest BCUT2D eigenvalue weighted by molar-refractivity contribution is 0.103. The lowest BCUT2D eigenvalue weighted by atomic mass is 9.98. The third kappa shape index (κ3) is 3.09. The lowest BCUT2D eigenvalue weighted by Crippen LogP contribution is -2.01. The number of phenolic OH excluding ortho intramolecular Hbond substituents is 1. The second-order valence-electron chi connectivity index (χ2n) is 5.16. The van der Waals surface area contributed by atoms with Crippen molar-refractivity contribution in [2.75, 3.05) is 7.11 Å². The summed E-state index contributed by atoms with van der Waals surface area (Å²) in [4.78, 5) is 12.4. The summed E-state index contributed by atoms with van der Waals surface area (Å²) in [5, 5.41) is 10.2. The first kappa shape index (κ1) is 14.9. The standard InChI is InChI=1S/C20H16O3/c1-23-17-10-7-14(8-11-17)16-9-12-18(19(21)13-16)20(22)15-5-3-2-4-6-15/h2-13,21H,1H3. The summed E-state index contributed by atoms with van der Waals surface area (Å²) in [6.45, 7) is 0. The molecule has 0 fully saturated rings. The monoisotopic (exact) mass is 304 g/mol. The Balaban J connectivity index is 1.93. The van der Waals surface area contributed by atoms with Crippen LogP contribution in [0.4, 0.5) is 0 Å². The Bertz CT molecular complexity index is 821. The van der Waals surface area contributed by atoms with Crippen LogP contribution in [0.25, 0.3) is 11.1 Å². The first-order valence-electron chi connectivity index (χ1n) is 7.26. The van der Waals surface area contributed by atoms with Gasteiger partial charge in [-0.05, 0) is 35.4 Å². The minimum absolute atomic E-state index is 0.0211. The molecule has 0 radical (unpaired) electrons. The van der Waals surface area contributed by atoms with E-state index in [2.05, 4.69) is 0 Å². The Labute approximate surface area is 134 Å². The Kier molecular flexibility index (Phi) is 4.11. The largest absolute Gasteiger partial charge is 0.507 e. The average Bonchev–Trinajstić information content (AvgIpc) is 2.62. The van der Waals surface area contributed by atoms with Crippen LogP contribution in [0.2, 0.25) is 0 Å². The number of benzene rings is 3. The van der Waals surface area contributed by atoms with Crippen LogP contribution in [-0.4, -0.2) is 18.0 Å². The summed E-state index contributed by atoms with van der Waals surface area (Å²) < 4.78 is 5.13. The first-order chi connectivity index (χ1) is 11.2. The Morgan fingerprint density at radius 3 is 2.13 bits per heavy atom. The minimum Gasteiger partial charge on any atom is -0.507 e. The minimum atomic E-state index is -0.190. The quantitative estimate of drug-likeness (QED) is 0.731. The molecule has 1 N–H and O–H groups in total. The van der Waals surface area contributed by atoms with Gasteiger partial charge in [0.25, 0.3) is 0 Å². The van der Waals surface area contributed by atoms with Crippen LogP contribution >= 0.6 is 0 Å². The van der Waals surface area contributed by atoms with Gasteiger partial charge in [0.2, 0.25) is 0 Å². The molecule has 3 nitrogen and oxygen atoms in total. The van der Waals surface area contributed by atoms with Gasteiger partial charge in [0, 0.05) is 5.56 Å². The van der Waals surface area contributed by atoms with Crippen molar-refractivity contribution < 1.29 is 14.6 Å². The number of methoxy groups -OCH3 is 1. The number of aromatic hydroxyl groups is 1. The molecule has 0 spiro atoms. The zero-order chi connectivity index (χ0) is 16.2. The van der Waals surface area contributed by atoms with E-state index in [1.807, 2.05) is 36.4 Å². The van der Waals surface area contributed by atoms with E-state index >= 15 is 0 Å². The summed E-state index contributed by atoms with van der Waals surface area (Å²) >= 11 is 0. The smallest absolute Gasteiger partial charge is 0.196 e. The number of phenols is 1. The van der Waals surface area contributed by atoms with E-state index in [-0.39, 0.29) is 11.5 Å². The molecule has 0 aliphatic heterocycles. The van der Waals surface area contributed by atoms with Gasteiger partial charge in [-0.3, -0.25) is 4.79 Å². The maximum Gasteiger partial charge on any atom is 0.196 e. The number of ether oxygens (including phenoxy) is 1. The average molecular weight is 304 g/mol. The number of carbonyl (C=O) groups is 1. The molecule has 0 heterocycles. The van der Waals surface area contributed by atoms with Crippen molar-refractivity contribution in [3.05, 3.63) is 83.9 Å². The second kappa shape index (κ2) is 6.36. The summed E-state index contributed by atoms with van der Waals surface area (Å²) in [6.07, 6.45) is 0. The summed E-state index contributed by atoms with van der Waals surface area (Å²) in [5.41, 5.74) is 2.64. The van der Waals surface area contributed by atoms with Gasteiger partial charge in [-0.1, -0.05) is 48.5 Å². The van der Waals surface area contributed by atoms with Gasteiger partial charge in [0.15, 0.2) is 5.78 Å². The molecule has 0 saturated carbocycles. The van der Waals surface area contributed by atoms with E-state index < -0.39 is 0 Å². The van der Waals surface area contributed by atoms with Gasteiger partial charge in [-0.2, -0.15) is 0 Å². The van der Waals surface area contributed by atoms with Crippen molar-refractivity contribution in [1.29, 1.82) is 0 Å². The third-order valence-corrected chi connectivity index (χ3v) is 3.70. The Morgan fingerprint density at radius 2 is 1.52 bits per heavy atom. The van der Waals surface area contributed by atoms with Gasteiger partial charge >= 0.3 is 0 Å². The molecule has 0 aromatic heterocycles. The van der Waals surface area contributed by atoms with E-state index in [1.54, 1.807) is 43.5 Å². The number of carbonyl (C=O) groups excluding carboxylic acids is 1. The summed E-state index contributed by atoms with van der Waals surface area (Å²) in [5.74, 6) is 0.561. The molecule has 3 aromatic rings. The van der Waals surface area contributed by atoms with Crippen LogP contribution in [-0.2, 0) is 0 Å². The topological polar surface area (TPSA) is 46.5 Å². The molecule has 114 valence electrons. The molecule has 3 heteroatoms. The normalized spacial score (nSPS) is 10.3. The fourth-order valence-corrected chi connectivity index (χ4v) is 2.43. The highest BCUT2D eigenvalue weighted by Gasteiger charge is 2.14. The summed E-state index contributed by atoms with van der Waals surface area (Å²) in [6, 6.07) is 21.6. The number of hydrogen-bond acceptors (Lipinski definition) is 3. The molecule has 0 amide bonds. The highest BCUT2D eigenvalue weighted by atomic mass is 16.5. The van der Waals surface area contributed by atoms with Gasteiger partial charge < -0.3 is 9.84 Å². The molecule has 3 aromatic carbocycles. The zero-order valence-electron chi connectivity index (χ0n) is 12.7. The van der Waals surface area contributed by atoms with Gasteiger partial charge in [0.1, 0.15) is 11.5 Å². The van der Waals surface area contributed by atoms with Gasteiger partial charge in [-0.15, -0.1) is 0 Å². The molecule has 0 atom stereocenters. The maximum absolute atomic E-state index is 12.4. The summed E-state index contributed by atoms with van der Waals surface area (Å²) in [7, 11) is 1.62. The van der Waals surface area contributed by atoms with Crippen molar-refractivity contribution in [1.82, 2.24) is 0 Å². The highest BCUT2D eigenvalue weighted by Crippen LogP contribution is 2.29. The third-order valence-electron chi connectivity index (χ3n) is 3.70. The second-order valence-corrected chi connectivity index (χ2v) is 5.16. The fraction of sp³-hybridized carbons (Fsp3) is 0.0500. The fourth-order valence-electron chi connectivity index (χ4n) is 2.43. The van der Waals surface area contributed by atoms with Gasteiger partial charge in [0.05, 0.1) is 12.7 Å². The van der Waals surface area contributed by atoms with Crippen LogP contribution in [0.3, 0.4) is 0 Å². The zero-order valence-corrected chi connectivity index (χ0v) is 12.7. The van der Waals surface area contributed by atoms with E-state index in [0.717, 1.165) is 16.9 Å². The van der Waals surface area contributed by atoms with E-state index in [0.29, 0.717) is 11.1 Å². The van der Waals surface area contributed by atoms with Crippen molar-refractivity contribution >= 4 is 5.78 Å². The number of rotatable bonds is 4. The van der Waals surface area contributed by atoms with E-state index in [4.69, 9.17) is 4.74 Å². The molecule has 0 aliphatic rings. The Morgan fingerprint density at radius 1 is 0.870 bits per heavy atom. The van der Waals surface area contributed by atoms with Crippen molar-refractivity contribution in [2.24, 2.45) is 0 Å². The predicted molar refractivity (Wildman–Crippen MR) is 90.0 cm³/mol. The SMILES string of the molecule is COc1ccc(-c2ccc(C(=O)c3ccccc3)c(O)c2)cc1. The molecule has 0 aliphatic carbocycles. The van der Waals surface area contributed by atoms with Crippen LogP contribution in [0, 0.1) is 0 Å². The molecular weight excluding hydrogens is 288 g/mol. The van der Waals surface area contributed by atoms with Gasteiger partial charge in [-0.25, -0.2) is 0 Å². The molecule has 0 unspecified atom stereocenters. The first-order valence-corrected chi connectivity index (χ1v) is 7.26. The molecule has 0 bridgehead atoms. The van der Waals surface area contributed by atoms with E-state index in [1.165, 1.54) is 0 Å². The Hall–Kier alpha value is -3.07. The highest BCUT2D eigenvalue weighted by molar-refractivity contribution is 6.10. The lowest BCUT2D eigenvalue weighted by Gasteiger charge is -2.08. The number of hydrogen-bond donors (Lipinski definition) is 1. The molecule has 3 rings (SSSR count). The van der Waals surface area contributed by atoms with Crippen molar-refractivity contribution in [3.8, 4) is 22.6 Å². The molecule has 0 saturated heterocycles. The maximum atomic E-state index is 12.4.